The summed E-state index contributed by atoms with van der Waals surface area (Å²) in [6, 6.07) is 0.000911. The number of piperidine rings is 1. The van der Waals surface area contributed by atoms with Crippen LogP contribution in [0, 0.1) is 13.8 Å². The molecule has 20 heavy (non-hydrogen) atoms. The summed E-state index contributed by atoms with van der Waals surface area (Å²) >= 11 is 0. The topological polar surface area (TPSA) is 50.2 Å². The molecule has 1 unspecified atom stereocenters. The SMILES string of the molecule is CCCNC1CCCN(Cc2c(C)nn(C)c2C)C1=O. The van der Waals surface area contributed by atoms with Gasteiger partial charge in [0, 0.05) is 31.4 Å². The first-order valence-corrected chi connectivity index (χ1v) is 7.55. The molecule has 1 saturated heterocycles. The molecule has 0 aliphatic carbocycles. The standard InChI is InChI=1S/C15H26N4O/c1-5-8-16-14-7-6-9-19(15(14)20)10-13-11(2)17-18(4)12(13)3/h14,16H,5-10H2,1-4H3. The normalized spacial score (nSPS) is 19.7. The molecule has 1 aromatic rings. The van der Waals surface area contributed by atoms with Gasteiger partial charge in [0.15, 0.2) is 0 Å². The summed E-state index contributed by atoms with van der Waals surface area (Å²) < 4.78 is 1.89. The number of carbonyl (C=O) groups is 1. The molecule has 1 fully saturated rings. The number of likely N-dealkylation sites (tertiary alicyclic amines) is 1. The van der Waals surface area contributed by atoms with E-state index in [4.69, 9.17) is 0 Å². The van der Waals surface area contributed by atoms with Crippen LogP contribution in [0.5, 0.6) is 0 Å². The Kier molecular flexibility index (Phi) is 4.81. The highest BCUT2D eigenvalue weighted by Crippen LogP contribution is 2.19. The van der Waals surface area contributed by atoms with E-state index < -0.39 is 0 Å². The molecule has 0 spiro atoms. The molecule has 2 rings (SSSR count). The number of amides is 1. The summed E-state index contributed by atoms with van der Waals surface area (Å²) in [7, 11) is 1.95. The fourth-order valence-electron chi connectivity index (χ4n) is 2.84. The van der Waals surface area contributed by atoms with Crippen LogP contribution in [0.15, 0.2) is 0 Å². The van der Waals surface area contributed by atoms with Crippen molar-refractivity contribution < 1.29 is 4.79 Å². The van der Waals surface area contributed by atoms with E-state index in [9.17, 15) is 4.79 Å². The molecule has 1 N–H and O–H groups in total. The quantitative estimate of drug-likeness (QED) is 0.888. The van der Waals surface area contributed by atoms with Crippen molar-refractivity contribution in [2.75, 3.05) is 13.1 Å². The fourth-order valence-corrected chi connectivity index (χ4v) is 2.84. The predicted molar refractivity (Wildman–Crippen MR) is 79.4 cm³/mol. The first kappa shape index (κ1) is 15.0. The second-order valence-electron chi connectivity index (χ2n) is 5.68. The number of carbonyl (C=O) groups excluding carboxylic acids is 1. The molecule has 5 nitrogen and oxygen atoms in total. The van der Waals surface area contributed by atoms with Crippen molar-refractivity contribution in [3.8, 4) is 0 Å². The van der Waals surface area contributed by atoms with Gasteiger partial charge in [-0.25, -0.2) is 0 Å². The average Bonchev–Trinajstić information content (AvgIpc) is 2.66. The summed E-state index contributed by atoms with van der Waals surface area (Å²) in [6.45, 7) is 8.67. The lowest BCUT2D eigenvalue weighted by Crippen LogP contribution is -2.50. The van der Waals surface area contributed by atoms with E-state index in [1.165, 1.54) is 5.56 Å². The highest BCUT2D eigenvalue weighted by atomic mass is 16.2. The van der Waals surface area contributed by atoms with Crippen LogP contribution in [0.3, 0.4) is 0 Å². The molecule has 5 heteroatoms. The third kappa shape index (κ3) is 3.03. The van der Waals surface area contributed by atoms with Gasteiger partial charge in [0.2, 0.25) is 5.91 Å². The van der Waals surface area contributed by atoms with Gasteiger partial charge in [-0.15, -0.1) is 0 Å². The third-order valence-electron chi connectivity index (χ3n) is 4.18. The first-order valence-electron chi connectivity index (χ1n) is 7.55. The van der Waals surface area contributed by atoms with Crippen LogP contribution >= 0.6 is 0 Å². The van der Waals surface area contributed by atoms with Crippen LogP contribution in [-0.2, 0) is 18.4 Å². The van der Waals surface area contributed by atoms with Gasteiger partial charge < -0.3 is 10.2 Å². The molecule has 112 valence electrons. The van der Waals surface area contributed by atoms with Crippen molar-refractivity contribution in [1.29, 1.82) is 0 Å². The summed E-state index contributed by atoms with van der Waals surface area (Å²) in [5, 5.41) is 7.79. The maximum Gasteiger partial charge on any atom is 0.240 e. The van der Waals surface area contributed by atoms with E-state index in [1.54, 1.807) is 0 Å². The van der Waals surface area contributed by atoms with Crippen LogP contribution in [0.4, 0.5) is 0 Å². The number of hydrogen-bond acceptors (Lipinski definition) is 3. The zero-order valence-corrected chi connectivity index (χ0v) is 13.1. The number of nitrogens with one attached hydrogen (secondary N) is 1. The Hall–Kier alpha value is -1.36. The smallest absolute Gasteiger partial charge is 0.240 e. The molecule has 1 aliphatic rings. The Morgan fingerprint density at radius 1 is 1.40 bits per heavy atom. The zero-order valence-electron chi connectivity index (χ0n) is 13.1. The minimum atomic E-state index is 0.000911. The first-order chi connectivity index (χ1) is 9.54. The van der Waals surface area contributed by atoms with Gasteiger partial charge in [0.05, 0.1) is 11.7 Å². The molecule has 2 heterocycles. The molecular formula is C15H26N4O. The van der Waals surface area contributed by atoms with Crippen molar-refractivity contribution in [3.63, 3.8) is 0 Å². The average molecular weight is 278 g/mol. The van der Waals surface area contributed by atoms with Crippen LogP contribution < -0.4 is 5.32 Å². The fraction of sp³-hybridized carbons (Fsp3) is 0.733. The van der Waals surface area contributed by atoms with Gasteiger partial charge in [-0.3, -0.25) is 9.48 Å². The van der Waals surface area contributed by atoms with Crippen molar-refractivity contribution in [2.45, 2.75) is 52.6 Å². The molecule has 0 bridgehead atoms. The van der Waals surface area contributed by atoms with Gasteiger partial charge in [-0.05, 0) is 39.7 Å². The predicted octanol–water partition coefficient (Wildman–Crippen LogP) is 1.53. The number of hydrogen-bond donors (Lipinski definition) is 1. The van der Waals surface area contributed by atoms with E-state index in [0.29, 0.717) is 6.54 Å². The minimum Gasteiger partial charge on any atom is -0.337 e. The molecule has 0 aromatic carbocycles. The van der Waals surface area contributed by atoms with Gasteiger partial charge in [-0.1, -0.05) is 6.92 Å². The highest BCUT2D eigenvalue weighted by Gasteiger charge is 2.29. The number of aromatic nitrogens is 2. The van der Waals surface area contributed by atoms with E-state index in [2.05, 4.69) is 24.3 Å². The van der Waals surface area contributed by atoms with Gasteiger partial charge in [0.1, 0.15) is 0 Å². The van der Waals surface area contributed by atoms with Crippen LogP contribution in [0.2, 0.25) is 0 Å². The number of rotatable bonds is 5. The molecule has 0 radical (unpaired) electrons. The summed E-state index contributed by atoms with van der Waals surface area (Å²) in [5.74, 6) is 0.243. The molecule has 0 saturated carbocycles. The van der Waals surface area contributed by atoms with Crippen LogP contribution in [0.25, 0.3) is 0 Å². The monoisotopic (exact) mass is 278 g/mol. The lowest BCUT2D eigenvalue weighted by Gasteiger charge is -2.33. The number of aryl methyl sites for hydroxylation is 2. The minimum absolute atomic E-state index is 0.000911. The second kappa shape index (κ2) is 6.39. The highest BCUT2D eigenvalue weighted by molar-refractivity contribution is 5.82. The van der Waals surface area contributed by atoms with E-state index >= 15 is 0 Å². The lowest BCUT2D eigenvalue weighted by molar-refractivity contribution is -0.136. The van der Waals surface area contributed by atoms with Crippen molar-refractivity contribution in [3.05, 3.63) is 17.0 Å². The summed E-state index contributed by atoms with van der Waals surface area (Å²) in [6.07, 6.45) is 3.09. The van der Waals surface area contributed by atoms with Crippen molar-refractivity contribution in [2.24, 2.45) is 7.05 Å². The van der Waals surface area contributed by atoms with Crippen molar-refractivity contribution in [1.82, 2.24) is 20.0 Å². The zero-order chi connectivity index (χ0) is 14.7. The summed E-state index contributed by atoms with van der Waals surface area (Å²) in [4.78, 5) is 14.5. The number of nitrogens with zero attached hydrogens (tertiary/aromatic N) is 3. The Labute approximate surface area is 121 Å². The van der Waals surface area contributed by atoms with Gasteiger partial charge in [0.25, 0.3) is 0 Å². The van der Waals surface area contributed by atoms with Gasteiger partial charge in [-0.2, -0.15) is 5.10 Å². The van der Waals surface area contributed by atoms with Crippen molar-refractivity contribution >= 4 is 5.91 Å². The van der Waals surface area contributed by atoms with Crippen LogP contribution in [0.1, 0.15) is 43.1 Å². The Balaban J connectivity index is 2.06. The maximum absolute atomic E-state index is 12.5. The van der Waals surface area contributed by atoms with Gasteiger partial charge >= 0.3 is 0 Å². The second-order valence-corrected chi connectivity index (χ2v) is 5.68. The molecule has 1 amide bonds. The molecule has 1 aliphatic heterocycles. The van der Waals surface area contributed by atoms with Crippen LogP contribution in [-0.4, -0.2) is 39.7 Å². The third-order valence-corrected chi connectivity index (χ3v) is 4.18. The Morgan fingerprint density at radius 2 is 2.15 bits per heavy atom. The molecular weight excluding hydrogens is 252 g/mol. The largest absolute Gasteiger partial charge is 0.337 e. The van der Waals surface area contributed by atoms with E-state index in [0.717, 1.165) is 43.7 Å². The van der Waals surface area contributed by atoms with E-state index in [1.807, 2.05) is 23.6 Å². The Bertz CT molecular complexity index is 480. The molecule has 1 aromatic heterocycles. The molecule has 1 atom stereocenters. The Morgan fingerprint density at radius 3 is 2.75 bits per heavy atom. The maximum atomic E-state index is 12.5. The lowest BCUT2D eigenvalue weighted by atomic mass is 10.0. The van der Waals surface area contributed by atoms with E-state index in [-0.39, 0.29) is 11.9 Å². The summed E-state index contributed by atoms with van der Waals surface area (Å²) in [5.41, 5.74) is 3.37.